The van der Waals surface area contributed by atoms with Gasteiger partial charge in [0.2, 0.25) is 0 Å². The van der Waals surface area contributed by atoms with E-state index in [9.17, 15) is 4.79 Å². The predicted molar refractivity (Wildman–Crippen MR) is 114 cm³/mol. The predicted octanol–water partition coefficient (Wildman–Crippen LogP) is 4.98. The Kier molecular flexibility index (Phi) is 5.94. The molecule has 0 heterocycles. The van der Waals surface area contributed by atoms with E-state index in [0.29, 0.717) is 12.3 Å². The fourth-order valence-corrected chi connectivity index (χ4v) is 3.65. The van der Waals surface area contributed by atoms with Gasteiger partial charge < -0.3 is 20.8 Å². The largest absolute Gasteiger partial charge is 0.388 e. The molecule has 4 heteroatoms. The van der Waals surface area contributed by atoms with Crippen molar-refractivity contribution in [3.8, 4) is 11.1 Å². The quantitative estimate of drug-likeness (QED) is 0.435. The number of rotatable bonds is 9. The van der Waals surface area contributed by atoms with Gasteiger partial charge in [-0.2, -0.15) is 0 Å². The van der Waals surface area contributed by atoms with E-state index in [0.717, 1.165) is 53.8 Å². The maximum atomic E-state index is 10.9. The topological polar surface area (TPSA) is 65.0 Å². The van der Waals surface area contributed by atoms with Gasteiger partial charge in [-0.3, -0.25) is 0 Å². The van der Waals surface area contributed by atoms with Gasteiger partial charge >= 0.3 is 0 Å². The third kappa shape index (κ3) is 4.21. The number of benzene rings is 2. The van der Waals surface area contributed by atoms with Gasteiger partial charge in [-0.05, 0) is 60.1 Å². The van der Waals surface area contributed by atoms with E-state index in [1.54, 1.807) is 0 Å². The van der Waals surface area contributed by atoms with E-state index in [2.05, 4.69) is 54.0 Å². The Morgan fingerprint density at radius 2 is 1.93 bits per heavy atom. The van der Waals surface area contributed by atoms with E-state index >= 15 is 0 Å². The standard InChI is InChI=1S/C23H29N3O/c1-15(11-12-27)13-19-18(5-4-6-21(19)25-2)17-9-10-22(26-3)20(14-17)23(24)16-7-8-16/h4-6,9-10,12,14-16,24-26H,7-8,11,13H2,1-3H3/t15-/m0/s1. The molecule has 0 aliphatic heterocycles. The molecule has 142 valence electrons. The van der Waals surface area contributed by atoms with Crippen molar-refractivity contribution in [2.75, 3.05) is 24.7 Å². The molecule has 1 aliphatic carbocycles. The summed E-state index contributed by atoms with van der Waals surface area (Å²) < 4.78 is 0. The van der Waals surface area contributed by atoms with E-state index in [4.69, 9.17) is 5.41 Å². The second-order valence-electron chi connectivity index (χ2n) is 7.49. The lowest BCUT2D eigenvalue weighted by Gasteiger charge is -2.19. The van der Waals surface area contributed by atoms with Crippen LogP contribution in [0.15, 0.2) is 36.4 Å². The Balaban J connectivity index is 2.06. The van der Waals surface area contributed by atoms with Gasteiger partial charge in [-0.25, -0.2) is 0 Å². The second-order valence-corrected chi connectivity index (χ2v) is 7.49. The lowest BCUT2D eigenvalue weighted by molar-refractivity contribution is -0.108. The number of carbonyl (C=O) groups is 1. The van der Waals surface area contributed by atoms with Gasteiger partial charge in [-0.15, -0.1) is 0 Å². The summed E-state index contributed by atoms with van der Waals surface area (Å²) in [5.41, 5.74) is 7.38. The van der Waals surface area contributed by atoms with Crippen molar-refractivity contribution in [1.82, 2.24) is 0 Å². The Labute approximate surface area is 161 Å². The third-order valence-corrected chi connectivity index (χ3v) is 5.37. The minimum atomic E-state index is 0.288. The molecule has 2 aromatic rings. The molecule has 1 atom stereocenters. The molecule has 1 saturated carbocycles. The van der Waals surface area contributed by atoms with Crippen LogP contribution in [0.5, 0.6) is 0 Å². The fraction of sp³-hybridized carbons (Fsp3) is 0.391. The maximum Gasteiger partial charge on any atom is 0.120 e. The van der Waals surface area contributed by atoms with Crippen molar-refractivity contribution in [3.63, 3.8) is 0 Å². The molecule has 0 radical (unpaired) electrons. The normalized spacial score (nSPS) is 14.5. The molecule has 1 fully saturated rings. The number of anilines is 2. The molecule has 0 bridgehead atoms. The number of nitrogens with one attached hydrogen (secondary N) is 3. The first-order valence-corrected chi connectivity index (χ1v) is 9.73. The zero-order valence-corrected chi connectivity index (χ0v) is 16.4. The average molecular weight is 364 g/mol. The van der Waals surface area contributed by atoms with Crippen LogP contribution in [0.4, 0.5) is 11.4 Å². The van der Waals surface area contributed by atoms with Crippen molar-refractivity contribution in [1.29, 1.82) is 5.41 Å². The van der Waals surface area contributed by atoms with Crippen LogP contribution >= 0.6 is 0 Å². The van der Waals surface area contributed by atoms with Crippen molar-refractivity contribution in [2.24, 2.45) is 11.8 Å². The van der Waals surface area contributed by atoms with Crippen LogP contribution in [0.25, 0.3) is 11.1 Å². The molecule has 0 aromatic heterocycles. The molecule has 0 saturated heterocycles. The summed E-state index contributed by atoms with van der Waals surface area (Å²) in [6.45, 7) is 2.11. The first-order chi connectivity index (χ1) is 13.1. The lowest BCUT2D eigenvalue weighted by atomic mass is 9.89. The Morgan fingerprint density at radius 3 is 2.56 bits per heavy atom. The molecular weight excluding hydrogens is 334 g/mol. The number of aldehydes is 1. The highest BCUT2D eigenvalue weighted by atomic mass is 16.1. The van der Waals surface area contributed by atoms with Crippen LogP contribution in [0.2, 0.25) is 0 Å². The summed E-state index contributed by atoms with van der Waals surface area (Å²) in [6.07, 6.45) is 4.65. The zero-order chi connectivity index (χ0) is 19.4. The smallest absolute Gasteiger partial charge is 0.120 e. The molecule has 27 heavy (non-hydrogen) atoms. The zero-order valence-electron chi connectivity index (χ0n) is 16.4. The molecule has 0 unspecified atom stereocenters. The first kappa shape index (κ1) is 19.2. The van der Waals surface area contributed by atoms with Crippen LogP contribution in [-0.2, 0) is 11.2 Å². The number of carbonyl (C=O) groups excluding carboxylic acids is 1. The SMILES string of the molecule is CNc1ccc(-c2cccc(NC)c2C[C@@H](C)CC=O)cc1C(=N)C1CC1. The second kappa shape index (κ2) is 8.38. The molecule has 0 amide bonds. The summed E-state index contributed by atoms with van der Waals surface area (Å²) >= 11 is 0. The van der Waals surface area contributed by atoms with Crippen LogP contribution in [-0.4, -0.2) is 26.1 Å². The van der Waals surface area contributed by atoms with E-state index < -0.39 is 0 Å². The number of hydrogen-bond donors (Lipinski definition) is 3. The minimum absolute atomic E-state index is 0.288. The molecule has 1 aliphatic rings. The third-order valence-electron chi connectivity index (χ3n) is 5.37. The van der Waals surface area contributed by atoms with Gasteiger partial charge in [0.1, 0.15) is 6.29 Å². The van der Waals surface area contributed by atoms with Crippen LogP contribution in [0.1, 0.15) is 37.3 Å². The highest BCUT2D eigenvalue weighted by Gasteiger charge is 2.28. The van der Waals surface area contributed by atoms with Crippen molar-refractivity contribution >= 4 is 23.4 Å². The number of hydrogen-bond acceptors (Lipinski definition) is 4. The maximum absolute atomic E-state index is 10.9. The molecule has 0 spiro atoms. The van der Waals surface area contributed by atoms with Gasteiger partial charge in [0.05, 0.1) is 0 Å². The van der Waals surface area contributed by atoms with Gasteiger partial charge in [0, 0.05) is 49.1 Å². The summed E-state index contributed by atoms with van der Waals surface area (Å²) in [7, 11) is 3.85. The van der Waals surface area contributed by atoms with Crippen LogP contribution in [0.3, 0.4) is 0 Å². The Bertz CT molecular complexity index is 840. The van der Waals surface area contributed by atoms with Gasteiger partial charge in [0.15, 0.2) is 0 Å². The molecular formula is C23H29N3O. The molecule has 3 rings (SSSR count). The van der Waals surface area contributed by atoms with Crippen molar-refractivity contribution in [3.05, 3.63) is 47.5 Å². The van der Waals surface area contributed by atoms with E-state index in [1.807, 2.05) is 14.1 Å². The Hall–Kier alpha value is -2.62. The van der Waals surface area contributed by atoms with Crippen LogP contribution in [0, 0.1) is 17.2 Å². The lowest BCUT2D eigenvalue weighted by Crippen LogP contribution is -2.08. The summed E-state index contributed by atoms with van der Waals surface area (Å²) in [6, 6.07) is 12.6. The van der Waals surface area contributed by atoms with Crippen molar-refractivity contribution < 1.29 is 4.79 Å². The summed E-state index contributed by atoms with van der Waals surface area (Å²) in [5, 5.41) is 15.1. The fourth-order valence-electron chi connectivity index (χ4n) is 3.65. The van der Waals surface area contributed by atoms with Crippen LogP contribution < -0.4 is 10.6 Å². The monoisotopic (exact) mass is 363 g/mol. The van der Waals surface area contributed by atoms with E-state index in [1.165, 1.54) is 11.1 Å². The van der Waals surface area contributed by atoms with Crippen molar-refractivity contribution in [2.45, 2.75) is 32.6 Å². The van der Waals surface area contributed by atoms with Gasteiger partial charge in [-0.1, -0.05) is 25.1 Å². The summed E-state index contributed by atoms with van der Waals surface area (Å²) in [5.74, 6) is 0.694. The highest BCUT2D eigenvalue weighted by molar-refractivity contribution is 6.06. The Morgan fingerprint density at radius 1 is 1.19 bits per heavy atom. The molecule has 2 aromatic carbocycles. The highest BCUT2D eigenvalue weighted by Crippen LogP contribution is 2.38. The molecule has 3 N–H and O–H groups in total. The minimum Gasteiger partial charge on any atom is -0.388 e. The van der Waals surface area contributed by atoms with E-state index in [-0.39, 0.29) is 5.92 Å². The average Bonchev–Trinajstić information content (AvgIpc) is 3.52. The first-order valence-electron chi connectivity index (χ1n) is 9.73. The summed E-state index contributed by atoms with van der Waals surface area (Å²) in [4.78, 5) is 10.9. The molecule has 4 nitrogen and oxygen atoms in total. The van der Waals surface area contributed by atoms with Gasteiger partial charge in [0.25, 0.3) is 0 Å².